The van der Waals surface area contributed by atoms with Crippen molar-refractivity contribution in [3.05, 3.63) is 70.5 Å². The number of benzene rings is 2. The number of thioether (sulfide) groups is 1. The third-order valence-corrected chi connectivity index (χ3v) is 6.13. The molecule has 9 nitrogen and oxygen atoms in total. The first-order chi connectivity index (χ1) is 16.8. The van der Waals surface area contributed by atoms with Gasteiger partial charge in [-0.3, -0.25) is 9.59 Å². The van der Waals surface area contributed by atoms with Gasteiger partial charge in [-0.25, -0.2) is 4.79 Å². The topological polar surface area (TPSA) is 115 Å². The molecule has 0 unspecified atom stereocenters. The summed E-state index contributed by atoms with van der Waals surface area (Å²) in [5.41, 5.74) is 1.48. The van der Waals surface area contributed by atoms with Crippen LogP contribution in [0, 0.1) is 0 Å². The van der Waals surface area contributed by atoms with E-state index in [1.165, 1.54) is 11.8 Å². The highest BCUT2D eigenvalue weighted by Gasteiger charge is 2.20. The lowest BCUT2D eigenvalue weighted by Gasteiger charge is -2.15. The van der Waals surface area contributed by atoms with E-state index in [1.54, 1.807) is 55.5 Å². The van der Waals surface area contributed by atoms with Gasteiger partial charge in [0.05, 0.1) is 24.0 Å². The first kappa shape index (κ1) is 26.2. The molecule has 35 heavy (non-hydrogen) atoms. The molecular formula is C24H26ClN5O4S. The van der Waals surface area contributed by atoms with E-state index in [1.807, 2.05) is 18.4 Å². The molecule has 3 rings (SSSR count). The second-order valence-corrected chi connectivity index (χ2v) is 8.80. The van der Waals surface area contributed by atoms with Crippen molar-refractivity contribution in [1.29, 1.82) is 0 Å². The van der Waals surface area contributed by atoms with E-state index in [0.29, 0.717) is 46.0 Å². The van der Waals surface area contributed by atoms with Crippen LogP contribution in [-0.2, 0) is 16.1 Å². The van der Waals surface area contributed by atoms with Gasteiger partial charge in [-0.15, -0.1) is 10.2 Å². The Kier molecular flexibility index (Phi) is 9.27. The second-order valence-electron chi connectivity index (χ2n) is 7.42. The summed E-state index contributed by atoms with van der Waals surface area (Å²) in [5, 5.41) is 15.3. The van der Waals surface area contributed by atoms with Gasteiger partial charge in [0.2, 0.25) is 5.91 Å². The molecule has 11 heteroatoms. The van der Waals surface area contributed by atoms with Gasteiger partial charge < -0.3 is 19.9 Å². The van der Waals surface area contributed by atoms with E-state index >= 15 is 0 Å². The number of carbonyl (C=O) groups is 3. The maximum Gasteiger partial charge on any atom is 0.338 e. The van der Waals surface area contributed by atoms with E-state index in [4.69, 9.17) is 16.3 Å². The predicted molar refractivity (Wildman–Crippen MR) is 135 cm³/mol. The van der Waals surface area contributed by atoms with Crippen LogP contribution < -0.4 is 10.6 Å². The fraction of sp³-hybridized carbons (Fsp3) is 0.292. The molecule has 184 valence electrons. The van der Waals surface area contributed by atoms with Crippen molar-refractivity contribution in [3.63, 3.8) is 0 Å². The lowest BCUT2D eigenvalue weighted by atomic mass is 10.2. The zero-order chi connectivity index (χ0) is 25.4. The predicted octanol–water partition coefficient (Wildman–Crippen LogP) is 4.35. The molecule has 1 heterocycles. The minimum atomic E-state index is -0.408. The molecule has 0 aliphatic heterocycles. The lowest BCUT2D eigenvalue weighted by molar-refractivity contribution is -0.113. The molecule has 2 N–H and O–H groups in total. The third kappa shape index (κ3) is 7.06. The van der Waals surface area contributed by atoms with Crippen molar-refractivity contribution in [2.24, 2.45) is 0 Å². The first-order valence-corrected chi connectivity index (χ1v) is 12.4. The number of nitrogens with one attached hydrogen (secondary N) is 2. The molecule has 0 fully saturated rings. The summed E-state index contributed by atoms with van der Waals surface area (Å²) in [5.74, 6) is -0.178. The number of ether oxygens (including phenoxy) is 1. The number of halogens is 1. The summed E-state index contributed by atoms with van der Waals surface area (Å²) in [6, 6.07) is 12.7. The molecule has 0 aliphatic carbocycles. The summed E-state index contributed by atoms with van der Waals surface area (Å²) >= 11 is 7.13. The van der Waals surface area contributed by atoms with E-state index in [2.05, 4.69) is 20.8 Å². The van der Waals surface area contributed by atoms with Crippen molar-refractivity contribution < 1.29 is 19.1 Å². The fourth-order valence-corrected chi connectivity index (χ4v) is 4.14. The van der Waals surface area contributed by atoms with Crippen molar-refractivity contribution in [1.82, 2.24) is 20.1 Å². The molecule has 0 spiro atoms. The lowest BCUT2D eigenvalue weighted by Crippen LogP contribution is -2.28. The highest BCUT2D eigenvalue weighted by atomic mass is 35.5. The Morgan fingerprint density at radius 1 is 1.03 bits per heavy atom. The molecule has 1 aromatic heterocycles. The number of amides is 2. The number of hydrogen-bond acceptors (Lipinski definition) is 7. The van der Waals surface area contributed by atoms with Gasteiger partial charge in [0.25, 0.3) is 5.91 Å². The van der Waals surface area contributed by atoms with Gasteiger partial charge >= 0.3 is 5.97 Å². The summed E-state index contributed by atoms with van der Waals surface area (Å²) < 4.78 is 6.81. The van der Waals surface area contributed by atoms with E-state index in [9.17, 15) is 14.4 Å². The largest absolute Gasteiger partial charge is 0.462 e. The maximum absolute atomic E-state index is 12.5. The van der Waals surface area contributed by atoms with Crippen LogP contribution in [0.5, 0.6) is 0 Å². The van der Waals surface area contributed by atoms with Gasteiger partial charge in [0.15, 0.2) is 11.0 Å². The molecule has 0 saturated heterocycles. The summed E-state index contributed by atoms with van der Waals surface area (Å²) in [7, 11) is 0. The molecule has 3 aromatic rings. The molecule has 2 aromatic carbocycles. The number of anilines is 1. The Morgan fingerprint density at radius 3 is 2.31 bits per heavy atom. The standard InChI is InChI=1S/C24H26ClN5O4S/c1-4-30-21(15(3)26-22(32)16-6-10-18(25)11-7-16)28-29-24(30)35-14-20(31)27-19-12-8-17(9-13-19)23(33)34-5-2/h6-13,15H,4-5,14H2,1-3H3,(H,26,32)(H,27,31)/t15-/m0/s1. The molecule has 0 bridgehead atoms. The van der Waals surface area contributed by atoms with Gasteiger partial charge in [0, 0.05) is 22.8 Å². The molecule has 0 saturated carbocycles. The van der Waals surface area contributed by atoms with Crippen molar-refractivity contribution in [2.75, 3.05) is 17.7 Å². The van der Waals surface area contributed by atoms with Gasteiger partial charge in [-0.05, 0) is 69.3 Å². The van der Waals surface area contributed by atoms with Crippen LogP contribution in [0.1, 0.15) is 53.4 Å². The van der Waals surface area contributed by atoms with Crippen LogP contribution in [0.25, 0.3) is 0 Å². The van der Waals surface area contributed by atoms with Crippen LogP contribution in [0.15, 0.2) is 53.7 Å². The molecule has 0 radical (unpaired) electrons. The van der Waals surface area contributed by atoms with Gasteiger partial charge in [-0.1, -0.05) is 23.4 Å². The number of nitrogens with zero attached hydrogens (tertiary/aromatic N) is 3. The number of esters is 1. The minimum Gasteiger partial charge on any atom is -0.462 e. The molecular weight excluding hydrogens is 490 g/mol. The van der Waals surface area contributed by atoms with Crippen LogP contribution in [0.2, 0.25) is 5.02 Å². The number of hydrogen-bond donors (Lipinski definition) is 2. The monoisotopic (exact) mass is 515 g/mol. The van der Waals surface area contributed by atoms with Gasteiger partial charge in [0.1, 0.15) is 0 Å². The normalized spacial score (nSPS) is 11.5. The second kappa shape index (κ2) is 12.4. The smallest absolute Gasteiger partial charge is 0.338 e. The van der Waals surface area contributed by atoms with E-state index in [0.717, 1.165) is 0 Å². The zero-order valence-electron chi connectivity index (χ0n) is 19.6. The number of aromatic nitrogens is 3. The quantitative estimate of drug-likeness (QED) is 0.304. The first-order valence-electron chi connectivity index (χ1n) is 11.0. The average molecular weight is 516 g/mol. The molecule has 0 aliphatic rings. The Labute approximate surface area is 212 Å². The summed E-state index contributed by atoms with van der Waals surface area (Å²) in [6.45, 7) is 6.38. The Bertz CT molecular complexity index is 1180. The zero-order valence-corrected chi connectivity index (χ0v) is 21.2. The fourth-order valence-electron chi connectivity index (χ4n) is 3.20. The number of rotatable bonds is 10. The van der Waals surface area contributed by atoms with Crippen molar-refractivity contribution in [3.8, 4) is 0 Å². The minimum absolute atomic E-state index is 0.114. The highest BCUT2D eigenvalue weighted by Crippen LogP contribution is 2.21. The van der Waals surface area contributed by atoms with Crippen molar-refractivity contribution >= 4 is 46.8 Å². The van der Waals surface area contributed by atoms with Crippen LogP contribution in [-0.4, -0.2) is 44.9 Å². The van der Waals surface area contributed by atoms with Gasteiger partial charge in [-0.2, -0.15) is 0 Å². The molecule has 1 atom stereocenters. The third-order valence-electron chi connectivity index (χ3n) is 4.92. The van der Waals surface area contributed by atoms with Crippen molar-refractivity contribution in [2.45, 2.75) is 38.5 Å². The van der Waals surface area contributed by atoms with E-state index < -0.39 is 12.0 Å². The Hall–Kier alpha value is -3.37. The van der Waals surface area contributed by atoms with Crippen LogP contribution in [0.3, 0.4) is 0 Å². The SMILES string of the molecule is CCOC(=O)c1ccc(NC(=O)CSc2nnc([C@H](C)NC(=O)c3ccc(Cl)cc3)n2CC)cc1. The Balaban J connectivity index is 1.57. The number of carbonyl (C=O) groups excluding carboxylic acids is 3. The molecule has 2 amide bonds. The summed E-state index contributed by atoms with van der Waals surface area (Å²) in [4.78, 5) is 36.7. The van der Waals surface area contributed by atoms with Crippen LogP contribution >= 0.6 is 23.4 Å². The average Bonchev–Trinajstić information content (AvgIpc) is 3.27. The Morgan fingerprint density at radius 2 is 1.69 bits per heavy atom. The summed E-state index contributed by atoms with van der Waals surface area (Å²) in [6.07, 6.45) is 0. The maximum atomic E-state index is 12.5. The van der Waals surface area contributed by atoms with Crippen LogP contribution in [0.4, 0.5) is 5.69 Å². The highest BCUT2D eigenvalue weighted by molar-refractivity contribution is 7.99. The van der Waals surface area contributed by atoms with E-state index in [-0.39, 0.29) is 17.6 Å².